The Morgan fingerprint density at radius 1 is 0.955 bits per heavy atom. The molecule has 0 saturated heterocycles. The maximum atomic E-state index is 12.4. The first-order valence-electron chi connectivity index (χ1n) is 7.29. The number of allylic oxidation sites excluding steroid dienone is 5. The van der Waals surface area contributed by atoms with E-state index < -0.39 is 23.4 Å². The molecule has 5 nitrogen and oxygen atoms in total. The lowest BCUT2D eigenvalue weighted by Crippen LogP contribution is -2.42. The van der Waals surface area contributed by atoms with E-state index >= 15 is 0 Å². The van der Waals surface area contributed by atoms with E-state index in [0.29, 0.717) is 12.1 Å². The van der Waals surface area contributed by atoms with E-state index in [1.165, 1.54) is 0 Å². The van der Waals surface area contributed by atoms with Crippen LogP contribution in [0, 0.1) is 0 Å². The molecule has 0 radical (unpaired) electrons. The first kappa shape index (κ1) is 18.0. The van der Waals surface area contributed by atoms with Crippen molar-refractivity contribution in [2.75, 3.05) is 0 Å². The number of ether oxygens (including phenoxy) is 2. The van der Waals surface area contributed by atoms with Gasteiger partial charge in [0.05, 0.1) is 5.70 Å². The Morgan fingerprint density at radius 2 is 1.45 bits per heavy atom. The number of imide groups is 1. The van der Waals surface area contributed by atoms with Gasteiger partial charge in [-0.3, -0.25) is 0 Å². The van der Waals surface area contributed by atoms with Crippen LogP contribution in [0.5, 0.6) is 0 Å². The Hall–Kier alpha value is -2.04. The van der Waals surface area contributed by atoms with E-state index in [0.717, 1.165) is 4.90 Å². The van der Waals surface area contributed by atoms with Crippen LogP contribution in [0.4, 0.5) is 9.59 Å². The zero-order chi connectivity index (χ0) is 17.0. The van der Waals surface area contributed by atoms with Crippen LogP contribution in [-0.2, 0) is 9.47 Å². The van der Waals surface area contributed by atoms with Crippen LogP contribution in [0.25, 0.3) is 0 Å². The number of carbonyl (C=O) groups is 2. The third-order valence-corrected chi connectivity index (χ3v) is 2.39. The van der Waals surface area contributed by atoms with Gasteiger partial charge in [-0.2, -0.15) is 4.90 Å². The number of amides is 2. The maximum Gasteiger partial charge on any atom is 0.424 e. The molecule has 0 aromatic rings. The summed E-state index contributed by atoms with van der Waals surface area (Å²) in [5.41, 5.74) is -0.969. The Morgan fingerprint density at radius 3 is 1.91 bits per heavy atom. The maximum absolute atomic E-state index is 12.4. The molecule has 0 bridgehead atoms. The topological polar surface area (TPSA) is 55.8 Å². The Balaban J connectivity index is 3.07. The number of carbonyl (C=O) groups excluding carboxylic acids is 2. The van der Waals surface area contributed by atoms with Crippen molar-refractivity contribution in [2.24, 2.45) is 0 Å². The normalized spacial score (nSPS) is 14.9. The second kappa shape index (κ2) is 6.81. The highest BCUT2D eigenvalue weighted by molar-refractivity contribution is 5.91. The number of hydrogen-bond donors (Lipinski definition) is 0. The molecular weight excluding hydrogens is 282 g/mol. The fourth-order valence-electron chi connectivity index (χ4n) is 1.63. The first-order valence-corrected chi connectivity index (χ1v) is 7.29. The summed E-state index contributed by atoms with van der Waals surface area (Å²) in [7, 11) is 0. The van der Waals surface area contributed by atoms with Crippen LogP contribution in [0.3, 0.4) is 0 Å². The van der Waals surface area contributed by atoms with Gasteiger partial charge < -0.3 is 9.47 Å². The van der Waals surface area contributed by atoms with Gasteiger partial charge in [0.1, 0.15) is 11.2 Å². The van der Waals surface area contributed by atoms with E-state index in [2.05, 4.69) is 0 Å². The third-order valence-electron chi connectivity index (χ3n) is 2.39. The van der Waals surface area contributed by atoms with E-state index in [1.807, 2.05) is 12.2 Å². The predicted molar refractivity (Wildman–Crippen MR) is 85.3 cm³/mol. The molecule has 0 saturated carbocycles. The highest BCUT2D eigenvalue weighted by atomic mass is 16.6. The standard InChI is InChI=1S/C17H25NO4/c1-16(2,3)21-14(19)18(15(20)22-17(4,5)6)13-11-9-7-8-10-12-13/h7-9,11-12H,10H2,1-6H3. The van der Waals surface area contributed by atoms with E-state index in [-0.39, 0.29) is 0 Å². The summed E-state index contributed by atoms with van der Waals surface area (Å²) < 4.78 is 10.6. The Kier molecular flexibility index (Phi) is 5.58. The molecule has 0 atom stereocenters. The van der Waals surface area contributed by atoms with E-state index in [4.69, 9.17) is 9.47 Å². The van der Waals surface area contributed by atoms with Gasteiger partial charge in [0.15, 0.2) is 0 Å². The van der Waals surface area contributed by atoms with Gasteiger partial charge in [-0.05, 0) is 54.0 Å². The molecule has 1 rings (SSSR count). The second-order valence-corrected chi connectivity index (χ2v) is 6.95. The molecule has 0 aromatic carbocycles. The zero-order valence-corrected chi connectivity index (χ0v) is 14.2. The predicted octanol–water partition coefficient (Wildman–Crippen LogP) is 4.56. The summed E-state index contributed by atoms with van der Waals surface area (Å²) >= 11 is 0. The highest BCUT2D eigenvalue weighted by Gasteiger charge is 2.33. The minimum Gasteiger partial charge on any atom is -0.443 e. The number of nitrogens with zero attached hydrogens (tertiary/aromatic N) is 1. The van der Waals surface area contributed by atoms with Gasteiger partial charge in [0.25, 0.3) is 0 Å². The van der Waals surface area contributed by atoms with Gasteiger partial charge in [-0.25, -0.2) is 9.59 Å². The smallest absolute Gasteiger partial charge is 0.424 e. The van der Waals surface area contributed by atoms with Crippen molar-refractivity contribution in [3.8, 4) is 0 Å². The molecule has 1 aliphatic carbocycles. The minimum atomic E-state index is -0.750. The van der Waals surface area contributed by atoms with E-state index in [9.17, 15) is 9.59 Å². The molecule has 2 amide bonds. The quantitative estimate of drug-likeness (QED) is 0.712. The Labute approximate surface area is 132 Å². The summed E-state index contributed by atoms with van der Waals surface area (Å²) in [6.07, 6.45) is 8.10. The zero-order valence-electron chi connectivity index (χ0n) is 14.2. The molecule has 0 aliphatic heterocycles. The van der Waals surface area contributed by atoms with Crippen LogP contribution < -0.4 is 0 Å². The highest BCUT2D eigenvalue weighted by Crippen LogP contribution is 2.20. The largest absolute Gasteiger partial charge is 0.443 e. The van der Waals surface area contributed by atoms with Crippen molar-refractivity contribution in [3.05, 3.63) is 36.1 Å². The molecule has 0 aromatic heterocycles. The van der Waals surface area contributed by atoms with Gasteiger partial charge in [0, 0.05) is 0 Å². The molecule has 122 valence electrons. The lowest BCUT2D eigenvalue weighted by Gasteiger charge is -2.29. The van der Waals surface area contributed by atoms with Crippen molar-refractivity contribution < 1.29 is 19.1 Å². The lowest BCUT2D eigenvalue weighted by atomic mass is 10.2. The molecule has 22 heavy (non-hydrogen) atoms. The molecule has 0 heterocycles. The van der Waals surface area contributed by atoms with Gasteiger partial charge >= 0.3 is 12.2 Å². The van der Waals surface area contributed by atoms with Gasteiger partial charge in [0.2, 0.25) is 0 Å². The van der Waals surface area contributed by atoms with Crippen molar-refractivity contribution in [1.29, 1.82) is 0 Å². The summed E-state index contributed by atoms with van der Waals surface area (Å²) in [6.45, 7) is 10.5. The average Bonchev–Trinajstić information content (AvgIpc) is 2.52. The fourth-order valence-corrected chi connectivity index (χ4v) is 1.63. The summed E-state index contributed by atoms with van der Waals surface area (Å²) in [6, 6.07) is 0. The second-order valence-electron chi connectivity index (χ2n) is 6.95. The first-order chi connectivity index (χ1) is 9.99. The molecule has 0 N–H and O–H groups in total. The number of hydrogen-bond acceptors (Lipinski definition) is 4. The summed E-state index contributed by atoms with van der Waals surface area (Å²) in [4.78, 5) is 25.7. The van der Waals surface area contributed by atoms with Crippen molar-refractivity contribution in [2.45, 2.75) is 59.2 Å². The van der Waals surface area contributed by atoms with Crippen LogP contribution in [0.15, 0.2) is 36.1 Å². The molecule has 5 heteroatoms. The molecule has 0 unspecified atom stereocenters. The molecule has 1 aliphatic rings. The van der Waals surface area contributed by atoms with Crippen LogP contribution in [-0.4, -0.2) is 28.3 Å². The van der Waals surface area contributed by atoms with Gasteiger partial charge in [-0.15, -0.1) is 0 Å². The van der Waals surface area contributed by atoms with Crippen molar-refractivity contribution in [3.63, 3.8) is 0 Å². The summed E-state index contributed by atoms with van der Waals surface area (Å²) in [5.74, 6) is 0. The monoisotopic (exact) mass is 307 g/mol. The fraction of sp³-hybridized carbons (Fsp3) is 0.529. The molecular formula is C17H25NO4. The summed E-state index contributed by atoms with van der Waals surface area (Å²) in [5, 5.41) is 0. The van der Waals surface area contributed by atoms with Crippen LogP contribution in [0.1, 0.15) is 48.0 Å². The lowest BCUT2D eigenvalue weighted by molar-refractivity contribution is 0.00898. The average molecular weight is 307 g/mol. The van der Waals surface area contributed by atoms with Crippen molar-refractivity contribution in [1.82, 2.24) is 4.90 Å². The SMILES string of the molecule is CC(C)(C)OC(=O)N(C(=O)OC(C)(C)C)C1=CCC=CC=C1. The molecule has 0 spiro atoms. The third kappa shape index (κ3) is 6.16. The molecule has 0 fully saturated rings. The minimum absolute atomic E-state index is 0.438. The van der Waals surface area contributed by atoms with Gasteiger partial charge in [-0.1, -0.05) is 24.3 Å². The van der Waals surface area contributed by atoms with Crippen LogP contribution >= 0.6 is 0 Å². The number of rotatable bonds is 1. The van der Waals surface area contributed by atoms with Crippen LogP contribution in [0.2, 0.25) is 0 Å². The van der Waals surface area contributed by atoms with E-state index in [1.54, 1.807) is 59.8 Å². The van der Waals surface area contributed by atoms with Crippen molar-refractivity contribution >= 4 is 12.2 Å². The Bertz CT molecular complexity index is 488.